The zero-order valence-electron chi connectivity index (χ0n) is 14.6. The summed E-state index contributed by atoms with van der Waals surface area (Å²) in [4.78, 5) is 12.1. The quantitative estimate of drug-likeness (QED) is 0.751. The molecule has 2 unspecified atom stereocenters. The number of amides is 1. The number of rotatable bonds is 7. The SMILES string of the molecule is CC(N)C(C)C(=O)Nc1ccc(OC(F)F)c(Cc2ccccc2)c1.Cl. The minimum Gasteiger partial charge on any atom is -0.435 e. The molecule has 0 aliphatic rings. The van der Waals surface area contributed by atoms with E-state index in [0.29, 0.717) is 17.7 Å². The Labute approximate surface area is 158 Å². The lowest BCUT2D eigenvalue weighted by atomic mass is 10.0. The van der Waals surface area contributed by atoms with Crippen LogP contribution in [0, 0.1) is 5.92 Å². The van der Waals surface area contributed by atoms with Crippen LogP contribution in [0.5, 0.6) is 5.75 Å². The first-order valence-corrected chi connectivity index (χ1v) is 8.05. The van der Waals surface area contributed by atoms with Gasteiger partial charge in [0.05, 0.1) is 5.92 Å². The fraction of sp³-hybridized carbons (Fsp3) is 0.316. The van der Waals surface area contributed by atoms with Crippen LogP contribution in [0.4, 0.5) is 14.5 Å². The molecule has 1 amide bonds. The van der Waals surface area contributed by atoms with Crippen LogP contribution < -0.4 is 15.8 Å². The maximum Gasteiger partial charge on any atom is 0.387 e. The van der Waals surface area contributed by atoms with E-state index in [9.17, 15) is 13.6 Å². The zero-order chi connectivity index (χ0) is 18.4. The summed E-state index contributed by atoms with van der Waals surface area (Å²) in [5, 5.41) is 2.77. The Balaban J connectivity index is 0.00000338. The molecule has 0 aromatic heterocycles. The minimum absolute atomic E-state index is 0. The van der Waals surface area contributed by atoms with E-state index in [1.807, 2.05) is 30.3 Å². The van der Waals surface area contributed by atoms with Crippen LogP contribution >= 0.6 is 12.4 Å². The number of hydrogen-bond donors (Lipinski definition) is 2. The lowest BCUT2D eigenvalue weighted by Gasteiger charge is -2.17. The highest BCUT2D eigenvalue weighted by molar-refractivity contribution is 5.92. The molecule has 0 fully saturated rings. The monoisotopic (exact) mass is 384 g/mol. The molecule has 2 aromatic carbocycles. The van der Waals surface area contributed by atoms with Crippen LogP contribution in [0.1, 0.15) is 25.0 Å². The van der Waals surface area contributed by atoms with Crippen molar-refractivity contribution >= 4 is 24.0 Å². The summed E-state index contributed by atoms with van der Waals surface area (Å²) in [6, 6.07) is 13.8. The molecule has 2 aromatic rings. The second-order valence-electron chi connectivity index (χ2n) is 6.00. The second kappa shape index (κ2) is 10.1. The van der Waals surface area contributed by atoms with Crippen molar-refractivity contribution in [1.29, 1.82) is 0 Å². The van der Waals surface area contributed by atoms with Gasteiger partial charge < -0.3 is 15.8 Å². The third-order valence-electron chi connectivity index (χ3n) is 3.98. The van der Waals surface area contributed by atoms with Gasteiger partial charge >= 0.3 is 6.61 Å². The van der Waals surface area contributed by atoms with Crippen LogP contribution in [0.15, 0.2) is 48.5 Å². The fourth-order valence-electron chi connectivity index (χ4n) is 2.32. The highest BCUT2D eigenvalue weighted by Gasteiger charge is 2.18. The zero-order valence-corrected chi connectivity index (χ0v) is 15.4. The van der Waals surface area contributed by atoms with E-state index >= 15 is 0 Å². The summed E-state index contributed by atoms with van der Waals surface area (Å²) < 4.78 is 29.9. The molecule has 0 saturated heterocycles. The van der Waals surface area contributed by atoms with Crippen molar-refractivity contribution in [3.63, 3.8) is 0 Å². The lowest BCUT2D eigenvalue weighted by molar-refractivity contribution is -0.119. The molecule has 0 aliphatic heterocycles. The molecule has 26 heavy (non-hydrogen) atoms. The molecule has 0 heterocycles. The molecule has 142 valence electrons. The van der Waals surface area contributed by atoms with Gasteiger partial charge in [-0.05, 0) is 30.7 Å². The standard InChI is InChI=1S/C19H22F2N2O2.ClH/c1-12(13(2)22)18(24)23-16-8-9-17(25-19(20)21)15(11-16)10-14-6-4-3-5-7-14;/h3-9,11-13,19H,10,22H2,1-2H3,(H,23,24);1H. The third-order valence-corrected chi connectivity index (χ3v) is 3.98. The van der Waals surface area contributed by atoms with Crippen LogP contribution in [-0.2, 0) is 11.2 Å². The number of carbonyl (C=O) groups is 1. The average molecular weight is 385 g/mol. The highest BCUT2D eigenvalue weighted by Crippen LogP contribution is 2.27. The molecule has 0 bridgehead atoms. The molecule has 0 radical (unpaired) electrons. The van der Waals surface area contributed by atoms with Gasteiger partial charge in [0.15, 0.2) is 0 Å². The molecule has 3 N–H and O–H groups in total. The van der Waals surface area contributed by atoms with Crippen LogP contribution in [-0.4, -0.2) is 18.6 Å². The summed E-state index contributed by atoms with van der Waals surface area (Å²) in [6.07, 6.45) is 0.412. The van der Waals surface area contributed by atoms with Crippen molar-refractivity contribution in [3.8, 4) is 5.75 Å². The summed E-state index contributed by atoms with van der Waals surface area (Å²) in [5.74, 6) is -0.491. The predicted molar refractivity (Wildman–Crippen MR) is 101 cm³/mol. The van der Waals surface area contributed by atoms with Crippen molar-refractivity contribution in [1.82, 2.24) is 0 Å². The third kappa shape index (κ3) is 6.28. The number of nitrogens with one attached hydrogen (secondary N) is 1. The summed E-state index contributed by atoms with van der Waals surface area (Å²) >= 11 is 0. The van der Waals surface area contributed by atoms with E-state index in [1.54, 1.807) is 19.9 Å². The topological polar surface area (TPSA) is 64.4 Å². The molecule has 7 heteroatoms. The van der Waals surface area contributed by atoms with E-state index in [0.717, 1.165) is 5.56 Å². The molecular formula is C19H23ClF2N2O2. The molecule has 2 atom stereocenters. The Hall–Kier alpha value is -2.18. The molecule has 0 saturated carbocycles. The first-order chi connectivity index (χ1) is 11.9. The van der Waals surface area contributed by atoms with Crippen LogP contribution in [0.2, 0.25) is 0 Å². The van der Waals surface area contributed by atoms with Gasteiger partial charge in [-0.1, -0.05) is 37.3 Å². The molecular weight excluding hydrogens is 362 g/mol. The van der Waals surface area contributed by atoms with E-state index in [4.69, 9.17) is 5.73 Å². The first-order valence-electron chi connectivity index (χ1n) is 8.05. The van der Waals surface area contributed by atoms with Gasteiger partial charge in [-0.15, -0.1) is 12.4 Å². The van der Waals surface area contributed by atoms with Crippen LogP contribution in [0.3, 0.4) is 0 Å². The highest BCUT2D eigenvalue weighted by atomic mass is 35.5. The molecule has 0 spiro atoms. The van der Waals surface area contributed by atoms with E-state index in [-0.39, 0.29) is 36.0 Å². The van der Waals surface area contributed by atoms with Crippen molar-refractivity contribution in [3.05, 3.63) is 59.7 Å². The first kappa shape index (κ1) is 21.9. The number of nitrogens with two attached hydrogens (primary N) is 1. The van der Waals surface area contributed by atoms with Gasteiger partial charge in [0.2, 0.25) is 5.91 Å². The number of halogens is 3. The van der Waals surface area contributed by atoms with Gasteiger partial charge in [-0.3, -0.25) is 4.79 Å². The maximum absolute atomic E-state index is 12.6. The molecule has 0 aliphatic carbocycles. The Morgan fingerprint density at radius 1 is 1.15 bits per heavy atom. The van der Waals surface area contributed by atoms with Gasteiger partial charge in [0.25, 0.3) is 0 Å². The van der Waals surface area contributed by atoms with E-state index < -0.39 is 6.61 Å². The van der Waals surface area contributed by atoms with E-state index in [1.165, 1.54) is 12.1 Å². The Bertz CT molecular complexity index is 712. The van der Waals surface area contributed by atoms with Gasteiger partial charge in [-0.25, -0.2) is 0 Å². The minimum atomic E-state index is -2.91. The largest absolute Gasteiger partial charge is 0.435 e. The van der Waals surface area contributed by atoms with Crippen LogP contribution in [0.25, 0.3) is 0 Å². The smallest absolute Gasteiger partial charge is 0.387 e. The maximum atomic E-state index is 12.6. The number of ether oxygens (including phenoxy) is 1. The van der Waals surface area contributed by atoms with Gasteiger partial charge in [-0.2, -0.15) is 8.78 Å². The number of benzene rings is 2. The Kier molecular flexibility index (Phi) is 8.48. The number of hydrogen-bond acceptors (Lipinski definition) is 3. The van der Waals surface area contributed by atoms with Crippen molar-refractivity contribution in [2.24, 2.45) is 11.7 Å². The van der Waals surface area contributed by atoms with Crippen molar-refractivity contribution in [2.45, 2.75) is 32.9 Å². The summed E-state index contributed by atoms with van der Waals surface area (Å²) in [5.41, 5.74) is 7.78. The molecule has 2 rings (SSSR count). The van der Waals surface area contributed by atoms with Gasteiger partial charge in [0.1, 0.15) is 5.75 Å². The van der Waals surface area contributed by atoms with Crippen molar-refractivity contribution in [2.75, 3.05) is 5.32 Å². The Morgan fingerprint density at radius 2 is 1.81 bits per heavy atom. The lowest BCUT2D eigenvalue weighted by Crippen LogP contribution is -2.34. The van der Waals surface area contributed by atoms with Crippen molar-refractivity contribution < 1.29 is 18.3 Å². The van der Waals surface area contributed by atoms with Gasteiger partial charge in [0, 0.05) is 23.7 Å². The molecule has 4 nitrogen and oxygen atoms in total. The number of alkyl halides is 2. The normalized spacial score (nSPS) is 12.8. The fourth-order valence-corrected chi connectivity index (χ4v) is 2.32. The number of anilines is 1. The Morgan fingerprint density at radius 3 is 2.38 bits per heavy atom. The predicted octanol–water partition coefficient (Wildman–Crippen LogP) is 4.22. The second-order valence-corrected chi connectivity index (χ2v) is 6.00. The summed E-state index contributed by atoms with van der Waals surface area (Å²) in [6.45, 7) is 0.581. The van der Waals surface area contributed by atoms with E-state index in [2.05, 4.69) is 10.1 Å². The summed E-state index contributed by atoms with van der Waals surface area (Å²) in [7, 11) is 0. The number of carbonyl (C=O) groups excluding carboxylic acids is 1. The average Bonchev–Trinajstić information content (AvgIpc) is 2.57.